The van der Waals surface area contributed by atoms with Crippen LogP contribution < -0.4 is 16.6 Å². The van der Waals surface area contributed by atoms with Gasteiger partial charge < -0.3 is 34.8 Å². The SMILES string of the molecule is CC(C)OCCn1c(=S)[nH]c(=O)c2c1ccn2COC(=O)CCCCNC(=O)[C@@H](N)C(C)C.O=C(O)C(F)(F)F. The zero-order valence-electron chi connectivity index (χ0n) is 22.7. The van der Waals surface area contributed by atoms with Crippen molar-refractivity contribution in [2.75, 3.05) is 13.2 Å². The number of nitrogens with zero attached hydrogens (tertiary/aromatic N) is 2. The molecule has 0 aliphatic heterocycles. The second-order valence-electron chi connectivity index (χ2n) is 9.32. The molecule has 2 rings (SSSR count). The third-order valence-corrected chi connectivity index (χ3v) is 5.74. The first-order valence-electron chi connectivity index (χ1n) is 12.5. The topological polar surface area (TPSA) is 171 Å². The molecule has 1 atom stereocenters. The lowest BCUT2D eigenvalue weighted by Gasteiger charge is -2.15. The van der Waals surface area contributed by atoms with Crippen molar-refractivity contribution >= 4 is 41.1 Å². The zero-order valence-corrected chi connectivity index (χ0v) is 23.6. The molecule has 0 unspecified atom stereocenters. The Hall–Kier alpha value is -3.24. The number of aromatic amines is 1. The summed E-state index contributed by atoms with van der Waals surface area (Å²) in [7, 11) is 0. The number of hydrogen-bond donors (Lipinski definition) is 4. The Morgan fingerprint density at radius 1 is 1.20 bits per heavy atom. The Morgan fingerprint density at radius 3 is 2.38 bits per heavy atom. The van der Waals surface area contributed by atoms with E-state index in [0.29, 0.717) is 48.3 Å². The molecule has 0 saturated carbocycles. The van der Waals surface area contributed by atoms with Gasteiger partial charge in [0.15, 0.2) is 11.5 Å². The number of unbranched alkanes of at least 4 members (excludes halogenated alkanes) is 1. The highest BCUT2D eigenvalue weighted by Crippen LogP contribution is 2.14. The van der Waals surface area contributed by atoms with Gasteiger partial charge in [-0.05, 0) is 50.9 Å². The predicted molar refractivity (Wildman–Crippen MR) is 142 cm³/mol. The van der Waals surface area contributed by atoms with Crippen molar-refractivity contribution < 1.29 is 42.1 Å². The first-order chi connectivity index (χ1) is 18.6. The fourth-order valence-electron chi connectivity index (χ4n) is 3.21. The number of ether oxygens (including phenoxy) is 2. The summed E-state index contributed by atoms with van der Waals surface area (Å²) in [6.07, 6.45) is -1.88. The van der Waals surface area contributed by atoms with Crippen LogP contribution in [0, 0.1) is 10.7 Å². The fourth-order valence-corrected chi connectivity index (χ4v) is 3.49. The Kier molecular flexibility index (Phi) is 14.0. The molecule has 5 N–H and O–H groups in total. The molecule has 0 saturated heterocycles. The lowest BCUT2D eigenvalue weighted by molar-refractivity contribution is -0.192. The minimum absolute atomic E-state index is 0.0671. The van der Waals surface area contributed by atoms with Crippen LogP contribution in [0.1, 0.15) is 47.0 Å². The summed E-state index contributed by atoms with van der Waals surface area (Å²) in [4.78, 5) is 48.0. The predicted octanol–water partition coefficient (Wildman–Crippen LogP) is 2.69. The fraction of sp³-hybridized carbons (Fsp3) is 0.625. The van der Waals surface area contributed by atoms with Crippen molar-refractivity contribution in [2.24, 2.45) is 11.7 Å². The van der Waals surface area contributed by atoms with Crippen LogP contribution in [0.25, 0.3) is 11.0 Å². The summed E-state index contributed by atoms with van der Waals surface area (Å²) in [5.74, 6) is -3.26. The lowest BCUT2D eigenvalue weighted by Crippen LogP contribution is -2.44. The van der Waals surface area contributed by atoms with E-state index >= 15 is 0 Å². The van der Waals surface area contributed by atoms with E-state index in [9.17, 15) is 27.6 Å². The van der Waals surface area contributed by atoms with E-state index in [1.807, 2.05) is 27.7 Å². The van der Waals surface area contributed by atoms with Gasteiger partial charge in [-0.3, -0.25) is 19.4 Å². The summed E-state index contributed by atoms with van der Waals surface area (Å²) >= 11 is 5.30. The van der Waals surface area contributed by atoms with Gasteiger partial charge in [0.25, 0.3) is 5.56 Å². The van der Waals surface area contributed by atoms with Gasteiger partial charge in [-0.2, -0.15) is 13.2 Å². The largest absolute Gasteiger partial charge is 0.490 e. The van der Waals surface area contributed by atoms with E-state index in [0.717, 1.165) is 0 Å². The van der Waals surface area contributed by atoms with Gasteiger partial charge in [0.05, 0.1) is 24.3 Å². The van der Waals surface area contributed by atoms with E-state index in [1.54, 1.807) is 21.4 Å². The normalized spacial score (nSPS) is 12.2. The van der Waals surface area contributed by atoms with Crippen LogP contribution in [-0.4, -0.2) is 68.5 Å². The molecule has 40 heavy (non-hydrogen) atoms. The molecular weight excluding hydrogens is 559 g/mol. The minimum Gasteiger partial charge on any atom is -0.475 e. The number of carboxylic acids is 1. The molecule has 0 radical (unpaired) electrons. The first-order valence-corrected chi connectivity index (χ1v) is 12.9. The highest BCUT2D eigenvalue weighted by Gasteiger charge is 2.38. The lowest BCUT2D eigenvalue weighted by atomic mass is 10.1. The molecule has 0 aliphatic carbocycles. The summed E-state index contributed by atoms with van der Waals surface area (Å²) in [6.45, 7) is 9.00. The molecule has 0 spiro atoms. The summed E-state index contributed by atoms with van der Waals surface area (Å²) in [6, 6.07) is 1.24. The van der Waals surface area contributed by atoms with Crippen molar-refractivity contribution in [3.8, 4) is 0 Å². The van der Waals surface area contributed by atoms with Crippen LogP contribution in [0.2, 0.25) is 0 Å². The number of aromatic nitrogens is 3. The highest BCUT2D eigenvalue weighted by molar-refractivity contribution is 7.71. The van der Waals surface area contributed by atoms with Crippen LogP contribution in [0.5, 0.6) is 0 Å². The van der Waals surface area contributed by atoms with E-state index in [1.165, 1.54) is 0 Å². The Labute approximate surface area is 233 Å². The molecule has 2 aromatic heterocycles. The number of H-pyrrole nitrogens is 1. The Morgan fingerprint density at radius 2 is 1.82 bits per heavy atom. The number of alkyl halides is 3. The van der Waals surface area contributed by atoms with E-state index in [-0.39, 0.29) is 42.6 Å². The maximum absolute atomic E-state index is 12.5. The quantitative estimate of drug-likeness (QED) is 0.154. The maximum atomic E-state index is 12.5. The Bertz CT molecular complexity index is 1250. The van der Waals surface area contributed by atoms with Crippen LogP contribution >= 0.6 is 12.2 Å². The van der Waals surface area contributed by atoms with Gasteiger partial charge in [0.1, 0.15) is 5.52 Å². The van der Waals surface area contributed by atoms with Crippen LogP contribution in [0.15, 0.2) is 17.1 Å². The minimum atomic E-state index is -5.08. The average Bonchev–Trinajstić information content (AvgIpc) is 3.27. The number of carbonyl (C=O) groups excluding carboxylic acids is 2. The second-order valence-corrected chi connectivity index (χ2v) is 9.70. The number of amides is 1. The Balaban J connectivity index is 0.00000101. The van der Waals surface area contributed by atoms with Crippen LogP contribution in [0.4, 0.5) is 13.2 Å². The molecule has 0 aromatic carbocycles. The number of aliphatic carboxylic acids is 1. The first kappa shape index (κ1) is 34.8. The highest BCUT2D eigenvalue weighted by atomic mass is 32.1. The molecule has 0 fully saturated rings. The van der Waals surface area contributed by atoms with Crippen molar-refractivity contribution in [3.63, 3.8) is 0 Å². The maximum Gasteiger partial charge on any atom is 0.490 e. The molecular formula is C24H36F3N5O7S. The number of nitrogens with one attached hydrogen (secondary N) is 2. The number of rotatable bonds is 13. The number of fused-ring (bicyclic) bond motifs is 1. The summed E-state index contributed by atoms with van der Waals surface area (Å²) < 4.78 is 46.4. The summed E-state index contributed by atoms with van der Waals surface area (Å²) in [5.41, 5.74) is 6.48. The molecule has 1 amide bonds. The van der Waals surface area contributed by atoms with Crippen LogP contribution in [-0.2, 0) is 37.1 Å². The zero-order chi connectivity index (χ0) is 30.6. The number of hydrogen-bond acceptors (Lipinski definition) is 8. The number of halogens is 3. The molecule has 226 valence electrons. The average molecular weight is 596 g/mol. The number of carbonyl (C=O) groups is 3. The number of esters is 1. The molecule has 12 nitrogen and oxygen atoms in total. The summed E-state index contributed by atoms with van der Waals surface area (Å²) in [5, 5.41) is 9.90. The van der Waals surface area contributed by atoms with Gasteiger partial charge in [-0.15, -0.1) is 0 Å². The van der Waals surface area contributed by atoms with Crippen molar-refractivity contribution in [1.82, 2.24) is 19.4 Å². The monoisotopic (exact) mass is 595 g/mol. The molecule has 2 aromatic rings. The van der Waals surface area contributed by atoms with E-state index < -0.39 is 18.2 Å². The van der Waals surface area contributed by atoms with Gasteiger partial charge >= 0.3 is 18.1 Å². The molecule has 2 heterocycles. The standard InChI is InChI=1S/C22H35N5O5S.C2HF3O2/c1-14(2)18(23)20(29)24-9-6-5-7-17(28)32-13-26-10-8-16-19(26)21(30)25-22(33)27(16)11-12-31-15(3)4;3-2(4,5)1(6)7/h8,10,14-15,18H,5-7,9,11-13,23H2,1-4H3,(H,24,29)(H,25,30,33);(H,6,7)/t18-;/m0./s1. The molecule has 0 bridgehead atoms. The smallest absolute Gasteiger partial charge is 0.475 e. The van der Waals surface area contributed by atoms with Gasteiger partial charge in [-0.1, -0.05) is 13.8 Å². The van der Waals surface area contributed by atoms with Gasteiger partial charge in [0.2, 0.25) is 5.91 Å². The molecule has 16 heteroatoms. The van der Waals surface area contributed by atoms with E-state index in [2.05, 4.69) is 10.3 Å². The van der Waals surface area contributed by atoms with Crippen molar-refractivity contribution in [2.45, 2.75) is 78.6 Å². The molecule has 0 aliphatic rings. The van der Waals surface area contributed by atoms with Crippen molar-refractivity contribution in [1.29, 1.82) is 0 Å². The second kappa shape index (κ2) is 16.1. The van der Waals surface area contributed by atoms with Gasteiger partial charge in [0, 0.05) is 25.7 Å². The number of carboxylic acid groups (broad SMARTS) is 1. The van der Waals surface area contributed by atoms with Crippen LogP contribution in [0.3, 0.4) is 0 Å². The number of nitrogens with two attached hydrogens (primary N) is 1. The van der Waals surface area contributed by atoms with Gasteiger partial charge in [-0.25, -0.2) is 4.79 Å². The van der Waals surface area contributed by atoms with Crippen molar-refractivity contribution in [3.05, 3.63) is 27.4 Å². The third-order valence-electron chi connectivity index (χ3n) is 5.41. The third kappa shape index (κ3) is 11.5. The van der Waals surface area contributed by atoms with E-state index in [4.69, 9.17) is 37.3 Å².